The maximum Gasteiger partial charge on any atom is 0.0708 e. The number of aromatic nitrogens is 1. The lowest BCUT2D eigenvalue weighted by atomic mass is 9.94. The molecule has 0 aliphatic carbocycles. The van der Waals surface area contributed by atoms with E-state index in [1.54, 1.807) is 0 Å². The SMILES string of the molecule is Cc1ccccc1-c1ccccc1-c1ccc(-c2ccccc2)cn1. The van der Waals surface area contributed by atoms with Crippen molar-refractivity contribution in [1.29, 1.82) is 0 Å². The van der Waals surface area contributed by atoms with E-state index in [1.807, 2.05) is 12.3 Å². The van der Waals surface area contributed by atoms with E-state index in [-0.39, 0.29) is 0 Å². The molecular weight excluding hydrogens is 302 g/mol. The van der Waals surface area contributed by atoms with Crippen molar-refractivity contribution in [3.05, 3.63) is 103 Å². The van der Waals surface area contributed by atoms with Crippen molar-refractivity contribution in [3.8, 4) is 33.5 Å². The molecule has 0 fully saturated rings. The highest BCUT2D eigenvalue weighted by Gasteiger charge is 2.10. The average molecular weight is 321 g/mol. The Morgan fingerprint density at radius 1 is 0.520 bits per heavy atom. The minimum absolute atomic E-state index is 0.999. The van der Waals surface area contributed by atoms with Crippen LogP contribution in [-0.2, 0) is 0 Å². The minimum Gasteiger partial charge on any atom is -0.256 e. The van der Waals surface area contributed by atoms with Gasteiger partial charge in [0.2, 0.25) is 0 Å². The van der Waals surface area contributed by atoms with E-state index in [0.717, 1.165) is 16.8 Å². The molecule has 0 saturated carbocycles. The lowest BCUT2D eigenvalue weighted by Gasteiger charge is -2.12. The van der Waals surface area contributed by atoms with Crippen LogP contribution in [0.25, 0.3) is 33.5 Å². The van der Waals surface area contributed by atoms with Gasteiger partial charge in [-0.3, -0.25) is 4.98 Å². The number of hydrogen-bond donors (Lipinski definition) is 0. The van der Waals surface area contributed by atoms with Gasteiger partial charge in [0, 0.05) is 17.3 Å². The summed E-state index contributed by atoms with van der Waals surface area (Å²) in [5, 5.41) is 0. The topological polar surface area (TPSA) is 12.9 Å². The molecule has 0 spiro atoms. The number of hydrogen-bond acceptors (Lipinski definition) is 1. The summed E-state index contributed by atoms with van der Waals surface area (Å²) in [7, 11) is 0. The molecule has 1 heterocycles. The van der Waals surface area contributed by atoms with Crippen LogP contribution in [0.1, 0.15) is 5.56 Å². The average Bonchev–Trinajstić information content (AvgIpc) is 2.69. The fourth-order valence-electron chi connectivity index (χ4n) is 3.17. The highest BCUT2D eigenvalue weighted by Crippen LogP contribution is 2.33. The van der Waals surface area contributed by atoms with Crippen LogP contribution in [0.15, 0.2) is 97.2 Å². The number of rotatable bonds is 3. The zero-order valence-corrected chi connectivity index (χ0v) is 14.2. The van der Waals surface area contributed by atoms with Gasteiger partial charge in [0.15, 0.2) is 0 Å². The van der Waals surface area contributed by atoms with Crippen molar-refractivity contribution >= 4 is 0 Å². The largest absolute Gasteiger partial charge is 0.256 e. The van der Waals surface area contributed by atoms with Gasteiger partial charge in [-0.05, 0) is 35.2 Å². The lowest BCUT2D eigenvalue weighted by molar-refractivity contribution is 1.32. The number of nitrogens with zero attached hydrogens (tertiary/aromatic N) is 1. The van der Waals surface area contributed by atoms with Crippen LogP contribution in [-0.4, -0.2) is 4.98 Å². The van der Waals surface area contributed by atoms with E-state index in [9.17, 15) is 0 Å². The first-order valence-corrected chi connectivity index (χ1v) is 8.50. The standard InChI is InChI=1S/C24H19N/c1-18-9-5-6-12-21(18)22-13-7-8-14-23(22)24-16-15-20(17-25-24)19-10-3-2-4-11-19/h2-17H,1H3. The fraction of sp³-hybridized carbons (Fsp3) is 0.0417. The van der Waals surface area contributed by atoms with Crippen LogP contribution in [0.3, 0.4) is 0 Å². The molecule has 4 aromatic rings. The molecule has 1 heteroatoms. The number of pyridine rings is 1. The lowest BCUT2D eigenvalue weighted by Crippen LogP contribution is -1.90. The van der Waals surface area contributed by atoms with Crippen LogP contribution in [0, 0.1) is 6.92 Å². The predicted octanol–water partition coefficient (Wildman–Crippen LogP) is 6.39. The molecule has 0 saturated heterocycles. The summed E-state index contributed by atoms with van der Waals surface area (Å²) < 4.78 is 0. The number of benzene rings is 3. The molecule has 1 aromatic heterocycles. The molecule has 0 amide bonds. The number of aryl methyl sites for hydroxylation is 1. The second kappa shape index (κ2) is 6.74. The summed E-state index contributed by atoms with van der Waals surface area (Å²) in [6.07, 6.45) is 1.96. The molecule has 0 aliphatic rings. The van der Waals surface area contributed by atoms with Crippen LogP contribution < -0.4 is 0 Å². The van der Waals surface area contributed by atoms with Crippen LogP contribution in [0.2, 0.25) is 0 Å². The molecule has 0 bridgehead atoms. The first-order valence-electron chi connectivity index (χ1n) is 8.50. The third-order valence-corrected chi connectivity index (χ3v) is 4.51. The zero-order valence-electron chi connectivity index (χ0n) is 14.2. The van der Waals surface area contributed by atoms with Crippen LogP contribution >= 0.6 is 0 Å². The molecule has 3 aromatic carbocycles. The highest BCUT2D eigenvalue weighted by atomic mass is 14.7. The van der Waals surface area contributed by atoms with Crippen LogP contribution in [0.5, 0.6) is 0 Å². The second-order valence-electron chi connectivity index (χ2n) is 6.16. The maximum atomic E-state index is 4.74. The molecule has 4 rings (SSSR count). The smallest absolute Gasteiger partial charge is 0.0708 e. The zero-order chi connectivity index (χ0) is 17.1. The van der Waals surface area contributed by atoms with E-state index < -0.39 is 0 Å². The van der Waals surface area contributed by atoms with E-state index in [4.69, 9.17) is 4.98 Å². The Labute approximate surface area is 148 Å². The third kappa shape index (κ3) is 3.09. The Hall–Kier alpha value is -3.19. The van der Waals surface area contributed by atoms with Gasteiger partial charge in [-0.15, -0.1) is 0 Å². The molecule has 1 nitrogen and oxygen atoms in total. The molecule has 0 unspecified atom stereocenters. The predicted molar refractivity (Wildman–Crippen MR) is 105 cm³/mol. The molecule has 25 heavy (non-hydrogen) atoms. The summed E-state index contributed by atoms with van der Waals surface area (Å²) >= 11 is 0. The van der Waals surface area contributed by atoms with E-state index in [2.05, 4.69) is 91.9 Å². The summed E-state index contributed by atoms with van der Waals surface area (Å²) in [4.78, 5) is 4.74. The van der Waals surface area contributed by atoms with E-state index in [1.165, 1.54) is 22.3 Å². The maximum absolute atomic E-state index is 4.74. The first-order chi connectivity index (χ1) is 12.3. The Morgan fingerprint density at radius 2 is 1.16 bits per heavy atom. The van der Waals surface area contributed by atoms with Gasteiger partial charge >= 0.3 is 0 Å². The monoisotopic (exact) mass is 321 g/mol. The van der Waals surface area contributed by atoms with Crippen molar-refractivity contribution in [2.75, 3.05) is 0 Å². The van der Waals surface area contributed by atoms with Crippen molar-refractivity contribution in [1.82, 2.24) is 4.98 Å². The van der Waals surface area contributed by atoms with Gasteiger partial charge in [-0.2, -0.15) is 0 Å². The molecule has 0 N–H and O–H groups in total. The summed E-state index contributed by atoms with van der Waals surface area (Å²) in [6.45, 7) is 2.15. The van der Waals surface area contributed by atoms with Gasteiger partial charge in [0.25, 0.3) is 0 Å². The van der Waals surface area contributed by atoms with Crippen molar-refractivity contribution < 1.29 is 0 Å². The van der Waals surface area contributed by atoms with Crippen molar-refractivity contribution in [3.63, 3.8) is 0 Å². The second-order valence-corrected chi connectivity index (χ2v) is 6.16. The molecule has 0 atom stereocenters. The van der Waals surface area contributed by atoms with Crippen LogP contribution in [0.4, 0.5) is 0 Å². The van der Waals surface area contributed by atoms with Gasteiger partial charge < -0.3 is 0 Å². The Bertz CT molecular complexity index is 986. The summed E-state index contributed by atoms with van der Waals surface area (Å²) in [5.74, 6) is 0. The highest BCUT2D eigenvalue weighted by molar-refractivity contribution is 5.83. The minimum atomic E-state index is 0.999. The van der Waals surface area contributed by atoms with E-state index in [0.29, 0.717) is 0 Å². The normalized spacial score (nSPS) is 10.6. The summed E-state index contributed by atoms with van der Waals surface area (Å²) in [6, 6.07) is 31.6. The van der Waals surface area contributed by atoms with Crippen molar-refractivity contribution in [2.24, 2.45) is 0 Å². The van der Waals surface area contributed by atoms with Gasteiger partial charge in [0.05, 0.1) is 5.69 Å². The van der Waals surface area contributed by atoms with Gasteiger partial charge in [-0.1, -0.05) is 84.9 Å². The Balaban J connectivity index is 1.78. The molecular formula is C24H19N. The molecule has 0 aliphatic heterocycles. The van der Waals surface area contributed by atoms with Gasteiger partial charge in [0.1, 0.15) is 0 Å². The van der Waals surface area contributed by atoms with Crippen molar-refractivity contribution in [2.45, 2.75) is 6.92 Å². The third-order valence-electron chi connectivity index (χ3n) is 4.51. The van der Waals surface area contributed by atoms with E-state index >= 15 is 0 Å². The fourth-order valence-corrected chi connectivity index (χ4v) is 3.17. The first kappa shape index (κ1) is 15.3. The molecule has 120 valence electrons. The Kier molecular flexibility index (Phi) is 4.14. The molecule has 0 radical (unpaired) electrons. The quantitative estimate of drug-likeness (QED) is 0.426. The summed E-state index contributed by atoms with van der Waals surface area (Å²) in [5.41, 5.74) is 8.24. The van der Waals surface area contributed by atoms with Gasteiger partial charge in [-0.25, -0.2) is 0 Å². The Morgan fingerprint density at radius 3 is 1.84 bits per heavy atom.